The summed E-state index contributed by atoms with van der Waals surface area (Å²) in [7, 11) is 0. The summed E-state index contributed by atoms with van der Waals surface area (Å²) in [6.07, 6.45) is 2.30. The minimum atomic E-state index is 0.122. The van der Waals surface area contributed by atoms with Gasteiger partial charge in [0.05, 0.1) is 13.0 Å². The second-order valence-electron chi connectivity index (χ2n) is 5.16. The third kappa shape index (κ3) is 5.96. The molecule has 1 aromatic rings. The first kappa shape index (κ1) is 17.8. The summed E-state index contributed by atoms with van der Waals surface area (Å²) in [5.41, 5.74) is 1.15. The molecule has 0 aromatic heterocycles. The van der Waals surface area contributed by atoms with Gasteiger partial charge in [0.25, 0.3) is 0 Å². The van der Waals surface area contributed by atoms with E-state index in [2.05, 4.69) is 13.8 Å². The van der Waals surface area contributed by atoms with E-state index in [-0.39, 0.29) is 11.9 Å². The van der Waals surface area contributed by atoms with Gasteiger partial charge >= 0.3 is 0 Å². The minimum Gasteiger partial charge on any atom is -0.493 e. The number of alkyl halides is 1. The van der Waals surface area contributed by atoms with Crippen LogP contribution in [0.4, 0.5) is 0 Å². The predicted octanol–water partition coefficient (Wildman–Crippen LogP) is 4.02. The van der Waals surface area contributed by atoms with Gasteiger partial charge in [0.1, 0.15) is 5.75 Å². The Morgan fingerprint density at radius 1 is 1.33 bits per heavy atom. The number of hydrogen-bond acceptors (Lipinski definition) is 2. The van der Waals surface area contributed by atoms with Crippen LogP contribution in [-0.2, 0) is 4.79 Å². The number of carbonyl (C=O) groups is 1. The van der Waals surface area contributed by atoms with Crippen molar-refractivity contribution < 1.29 is 9.53 Å². The summed E-state index contributed by atoms with van der Waals surface area (Å²) in [6, 6.07) is 8.14. The smallest absolute Gasteiger partial charge is 0.226 e. The molecule has 0 atom stereocenters. The molecule has 0 N–H and O–H groups in total. The summed E-state index contributed by atoms with van der Waals surface area (Å²) in [6.45, 7) is 7.24. The highest BCUT2D eigenvalue weighted by Crippen LogP contribution is 2.14. The Morgan fingerprint density at radius 3 is 2.62 bits per heavy atom. The lowest BCUT2D eigenvalue weighted by Crippen LogP contribution is -2.41. The van der Waals surface area contributed by atoms with E-state index in [9.17, 15) is 4.79 Å². The van der Waals surface area contributed by atoms with Crippen LogP contribution >= 0.6 is 11.6 Å². The number of nitrogens with zero attached hydrogens (tertiary/aromatic N) is 1. The molecule has 0 saturated carbocycles. The monoisotopic (exact) mass is 311 g/mol. The molecule has 3 nitrogen and oxygen atoms in total. The first-order valence-electron chi connectivity index (χ1n) is 7.67. The maximum Gasteiger partial charge on any atom is 0.226 e. The molecule has 0 aliphatic carbocycles. The van der Waals surface area contributed by atoms with E-state index in [4.69, 9.17) is 16.3 Å². The molecule has 0 saturated heterocycles. The van der Waals surface area contributed by atoms with Gasteiger partial charge in [-0.05, 0) is 37.5 Å². The predicted molar refractivity (Wildman–Crippen MR) is 88.1 cm³/mol. The fourth-order valence-corrected chi connectivity index (χ4v) is 2.62. The summed E-state index contributed by atoms with van der Waals surface area (Å²) in [5, 5.41) is 0. The topological polar surface area (TPSA) is 29.5 Å². The lowest BCUT2D eigenvalue weighted by molar-refractivity contribution is -0.134. The maximum atomic E-state index is 12.3. The molecule has 21 heavy (non-hydrogen) atoms. The Balaban J connectivity index is 2.49. The van der Waals surface area contributed by atoms with E-state index in [1.165, 1.54) is 0 Å². The number of rotatable bonds is 9. The van der Waals surface area contributed by atoms with Crippen molar-refractivity contribution in [3.8, 4) is 5.75 Å². The standard InChI is InChI=1S/C17H26ClNO2/c1-4-15(5-2)19(11-10-18)17(20)9-12-21-16-8-6-7-14(3)13-16/h6-8,13,15H,4-5,9-12H2,1-3H3. The van der Waals surface area contributed by atoms with Gasteiger partial charge in [0.15, 0.2) is 0 Å². The van der Waals surface area contributed by atoms with Crippen LogP contribution in [0.1, 0.15) is 38.7 Å². The number of aryl methyl sites for hydroxylation is 1. The van der Waals surface area contributed by atoms with E-state index < -0.39 is 0 Å². The fourth-order valence-electron chi connectivity index (χ4n) is 2.44. The second-order valence-corrected chi connectivity index (χ2v) is 5.54. The molecular formula is C17H26ClNO2. The van der Waals surface area contributed by atoms with Crippen molar-refractivity contribution in [2.45, 2.75) is 46.1 Å². The zero-order valence-electron chi connectivity index (χ0n) is 13.3. The van der Waals surface area contributed by atoms with Crippen LogP contribution in [0.5, 0.6) is 5.75 Å². The Bertz CT molecular complexity index is 433. The van der Waals surface area contributed by atoms with E-state index in [0.29, 0.717) is 25.5 Å². The normalized spacial score (nSPS) is 10.7. The molecule has 0 heterocycles. The third-order valence-corrected chi connectivity index (χ3v) is 3.77. The van der Waals surface area contributed by atoms with E-state index in [1.54, 1.807) is 0 Å². The maximum absolute atomic E-state index is 12.3. The van der Waals surface area contributed by atoms with Gasteiger partial charge in [-0.15, -0.1) is 11.6 Å². The van der Waals surface area contributed by atoms with Crippen molar-refractivity contribution in [1.82, 2.24) is 4.90 Å². The van der Waals surface area contributed by atoms with E-state index in [0.717, 1.165) is 24.2 Å². The summed E-state index contributed by atoms with van der Waals surface area (Å²) < 4.78 is 5.65. The van der Waals surface area contributed by atoms with Crippen LogP contribution < -0.4 is 4.74 Å². The van der Waals surface area contributed by atoms with E-state index >= 15 is 0 Å². The van der Waals surface area contributed by atoms with Crippen molar-refractivity contribution in [3.05, 3.63) is 29.8 Å². The van der Waals surface area contributed by atoms with Crippen LogP contribution in [0.25, 0.3) is 0 Å². The molecule has 1 amide bonds. The van der Waals surface area contributed by atoms with Crippen molar-refractivity contribution in [2.75, 3.05) is 19.0 Å². The number of hydrogen-bond donors (Lipinski definition) is 0. The average Bonchev–Trinajstić information content (AvgIpc) is 2.47. The highest BCUT2D eigenvalue weighted by Gasteiger charge is 2.20. The lowest BCUT2D eigenvalue weighted by Gasteiger charge is -2.30. The molecular weight excluding hydrogens is 286 g/mol. The number of carbonyl (C=O) groups excluding carboxylic acids is 1. The van der Waals surface area contributed by atoms with Crippen molar-refractivity contribution in [2.24, 2.45) is 0 Å². The number of benzene rings is 1. The molecule has 0 aliphatic heterocycles. The van der Waals surface area contributed by atoms with Crippen LogP contribution in [-0.4, -0.2) is 35.9 Å². The number of halogens is 1. The van der Waals surface area contributed by atoms with Crippen molar-refractivity contribution >= 4 is 17.5 Å². The Morgan fingerprint density at radius 2 is 2.05 bits per heavy atom. The van der Waals surface area contributed by atoms with Gasteiger partial charge in [0.2, 0.25) is 5.91 Å². The molecule has 0 aliphatic rings. The minimum absolute atomic E-state index is 0.122. The second kappa shape index (κ2) is 9.67. The highest BCUT2D eigenvalue weighted by atomic mass is 35.5. The van der Waals surface area contributed by atoms with Gasteiger partial charge in [-0.2, -0.15) is 0 Å². The van der Waals surface area contributed by atoms with Crippen molar-refractivity contribution in [3.63, 3.8) is 0 Å². The Labute approximate surface area is 133 Å². The molecule has 0 unspecified atom stereocenters. The highest BCUT2D eigenvalue weighted by molar-refractivity contribution is 6.18. The van der Waals surface area contributed by atoms with Crippen LogP contribution in [0.3, 0.4) is 0 Å². The Kier molecular flexibility index (Phi) is 8.21. The first-order chi connectivity index (χ1) is 10.1. The quantitative estimate of drug-likeness (QED) is 0.645. The lowest BCUT2D eigenvalue weighted by atomic mass is 10.1. The third-order valence-electron chi connectivity index (χ3n) is 3.60. The van der Waals surface area contributed by atoms with Gasteiger partial charge in [-0.25, -0.2) is 0 Å². The Hall–Kier alpha value is -1.22. The zero-order chi connectivity index (χ0) is 15.7. The van der Waals surface area contributed by atoms with Crippen LogP contribution in [0, 0.1) is 6.92 Å². The molecule has 1 aromatic carbocycles. The van der Waals surface area contributed by atoms with Gasteiger partial charge < -0.3 is 9.64 Å². The van der Waals surface area contributed by atoms with Crippen LogP contribution in [0.2, 0.25) is 0 Å². The molecule has 0 radical (unpaired) electrons. The zero-order valence-corrected chi connectivity index (χ0v) is 14.0. The van der Waals surface area contributed by atoms with Gasteiger partial charge in [-0.1, -0.05) is 26.0 Å². The average molecular weight is 312 g/mol. The fraction of sp³-hybridized carbons (Fsp3) is 0.588. The molecule has 1 rings (SSSR count). The molecule has 0 bridgehead atoms. The number of amides is 1. The largest absolute Gasteiger partial charge is 0.493 e. The SMILES string of the molecule is CCC(CC)N(CCCl)C(=O)CCOc1cccc(C)c1. The molecule has 118 valence electrons. The van der Waals surface area contributed by atoms with E-state index in [1.807, 2.05) is 36.1 Å². The number of ether oxygens (including phenoxy) is 1. The van der Waals surface area contributed by atoms with Crippen molar-refractivity contribution in [1.29, 1.82) is 0 Å². The molecule has 0 spiro atoms. The van der Waals surface area contributed by atoms with Gasteiger partial charge in [-0.3, -0.25) is 4.79 Å². The first-order valence-corrected chi connectivity index (χ1v) is 8.20. The summed E-state index contributed by atoms with van der Waals surface area (Å²) >= 11 is 5.82. The van der Waals surface area contributed by atoms with Gasteiger partial charge in [0, 0.05) is 18.5 Å². The summed E-state index contributed by atoms with van der Waals surface area (Å²) in [5.74, 6) is 1.41. The summed E-state index contributed by atoms with van der Waals surface area (Å²) in [4.78, 5) is 14.2. The molecule has 4 heteroatoms. The van der Waals surface area contributed by atoms with Crippen LogP contribution in [0.15, 0.2) is 24.3 Å². The molecule has 0 fully saturated rings.